The molecule has 3 rings (SSSR count). The van der Waals surface area contributed by atoms with Crippen LogP contribution in [0, 0.1) is 6.92 Å². The summed E-state index contributed by atoms with van der Waals surface area (Å²) in [6.07, 6.45) is 6.05. The molecule has 0 saturated carbocycles. The molecule has 7 nitrogen and oxygen atoms in total. The number of methoxy groups -OCH3 is 1. The lowest BCUT2D eigenvalue weighted by Gasteiger charge is -2.26. The first-order chi connectivity index (χ1) is 10.7. The molecule has 7 heteroatoms. The number of aryl methyl sites for hydroxylation is 1. The fourth-order valence-corrected chi connectivity index (χ4v) is 2.84. The maximum absolute atomic E-state index is 11.4. The zero-order valence-electron chi connectivity index (χ0n) is 12.8. The van der Waals surface area contributed by atoms with Gasteiger partial charge in [-0.15, -0.1) is 10.2 Å². The predicted octanol–water partition coefficient (Wildman–Crippen LogP) is 1.44. The van der Waals surface area contributed by atoms with Crippen molar-refractivity contribution in [2.75, 3.05) is 18.6 Å². The van der Waals surface area contributed by atoms with E-state index in [1.807, 2.05) is 25.4 Å². The smallest absolute Gasteiger partial charge is 0.358 e. The first kappa shape index (κ1) is 14.5. The van der Waals surface area contributed by atoms with Crippen LogP contribution in [-0.4, -0.2) is 45.4 Å². The second-order valence-electron chi connectivity index (χ2n) is 5.38. The van der Waals surface area contributed by atoms with Crippen molar-refractivity contribution in [2.24, 2.45) is 0 Å². The molecule has 0 radical (unpaired) electrons. The summed E-state index contributed by atoms with van der Waals surface area (Å²) in [5.41, 5.74) is 0.229. The Morgan fingerprint density at radius 1 is 1.41 bits per heavy atom. The molecule has 2 aromatic heterocycles. The van der Waals surface area contributed by atoms with Gasteiger partial charge in [-0.05, 0) is 31.9 Å². The number of esters is 1. The highest BCUT2D eigenvalue weighted by molar-refractivity contribution is 5.86. The average molecular weight is 301 g/mol. The lowest BCUT2D eigenvalue weighted by Crippen LogP contribution is -2.34. The van der Waals surface area contributed by atoms with Gasteiger partial charge in [0.2, 0.25) is 0 Å². The summed E-state index contributed by atoms with van der Waals surface area (Å²) in [6, 6.07) is 3.86. The number of hydrogen-bond acceptors (Lipinski definition) is 6. The summed E-state index contributed by atoms with van der Waals surface area (Å²) >= 11 is 0. The number of nitrogens with zero attached hydrogens (tertiary/aromatic N) is 5. The molecule has 0 spiro atoms. The van der Waals surface area contributed by atoms with Crippen LogP contribution in [0.3, 0.4) is 0 Å². The van der Waals surface area contributed by atoms with Gasteiger partial charge in [0.15, 0.2) is 11.5 Å². The van der Waals surface area contributed by atoms with E-state index in [4.69, 9.17) is 0 Å². The Bertz CT molecular complexity index is 652. The van der Waals surface area contributed by atoms with Gasteiger partial charge >= 0.3 is 5.97 Å². The Morgan fingerprint density at radius 3 is 2.91 bits per heavy atom. The van der Waals surface area contributed by atoms with Gasteiger partial charge in [-0.3, -0.25) is 0 Å². The number of anilines is 1. The summed E-state index contributed by atoms with van der Waals surface area (Å²) in [6.45, 7) is 3.83. The molecule has 0 aromatic carbocycles. The third kappa shape index (κ3) is 2.79. The van der Waals surface area contributed by atoms with Crippen molar-refractivity contribution < 1.29 is 9.53 Å². The Hall–Kier alpha value is -2.44. The van der Waals surface area contributed by atoms with Crippen LogP contribution < -0.4 is 4.90 Å². The number of imidazole rings is 1. The van der Waals surface area contributed by atoms with Crippen molar-refractivity contribution in [3.8, 4) is 0 Å². The van der Waals surface area contributed by atoms with E-state index in [9.17, 15) is 4.79 Å². The molecule has 22 heavy (non-hydrogen) atoms. The zero-order valence-corrected chi connectivity index (χ0v) is 12.8. The van der Waals surface area contributed by atoms with Gasteiger partial charge in [0, 0.05) is 31.5 Å². The minimum absolute atomic E-state index is 0.229. The van der Waals surface area contributed by atoms with Crippen LogP contribution in [0.1, 0.15) is 29.2 Å². The third-order valence-electron chi connectivity index (χ3n) is 4.05. The lowest BCUT2D eigenvalue weighted by atomic mass is 10.2. The minimum atomic E-state index is -0.467. The first-order valence-electron chi connectivity index (χ1n) is 7.35. The second kappa shape index (κ2) is 6.13. The fourth-order valence-electron chi connectivity index (χ4n) is 2.84. The molecule has 1 aliphatic heterocycles. The van der Waals surface area contributed by atoms with Crippen LogP contribution in [0.5, 0.6) is 0 Å². The maximum Gasteiger partial charge on any atom is 0.358 e. The second-order valence-corrected chi connectivity index (χ2v) is 5.38. The minimum Gasteiger partial charge on any atom is -0.464 e. The van der Waals surface area contributed by atoms with Crippen LogP contribution in [0.4, 0.5) is 5.82 Å². The van der Waals surface area contributed by atoms with Gasteiger partial charge in [0.25, 0.3) is 0 Å². The van der Waals surface area contributed by atoms with E-state index in [0.717, 1.165) is 37.6 Å². The maximum atomic E-state index is 11.4. The van der Waals surface area contributed by atoms with Gasteiger partial charge in [-0.25, -0.2) is 9.78 Å². The molecule has 0 aliphatic carbocycles. The average Bonchev–Trinajstić information content (AvgIpc) is 3.17. The molecule has 0 bridgehead atoms. The SMILES string of the molecule is COC(=O)c1ccc(N2CCC[C@H]2Cn2ccnc2C)nn1. The summed E-state index contributed by atoms with van der Waals surface area (Å²) < 4.78 is 6.79. The number of aromatic nitrogens is 4. The molecule has 1 fully saturated rings. The molecule has 0 N–H and O–H groups in total. The van der Waals surface area contributed by atoms with Gasteiger partial charge in [0.05, 0.1) is 7.11 Å². The zero-order chi connectivity index (χ0) is 15.5. The summed E-state index contributed by atoms with van der Waals surface area (Å²) in [7, 11) is 1.34. The van der Waals surface area contributed by atoms with Gasteiger partial charge in [-0.2, -0.15) is 0 Å². The monoisotopic (exact) mass is 301 g/mol. The third-order valence-corrected chi connectivity index (χ3v) is 4.05. The van der Waals surface area contributed by atoms with Gasteiger partial charge < -0.3 is 14.2 Å². The van der Waals surface area contributed by atoms with E-state index in [1.54, 1.807) is 6.07 Å². The number of ether oxygens (including phenoxy) is 1. The number of carbonyl (C=O) groups is 1. The van der Waals surface area contributed by atoms with Crippen LogP contribution >= 0.6 is 0 Å². The highest BCUT2D eigenvalue weighted by Crippen LogP contribution is 2.24. The Labute approximate surface area is 128 Å². The van der Waals surface area contributed by atoms with Crippen molar-refractivity contribution >= 4 is 11.8 Å². The van der Waals surface area contributed by atoms with Crippen LogP contribution in [0.2, 0.25) is 0 Å². The van der Waals surface area contributed by atoms with Crippen molar-refractivity contribution in [1.29, 1.82) is 0 Å². The molecule has 1 saturated heterocycles. The summed E-state index contributed by atoms with van der Waals surface area (Å²) in [5.74, 6) is 1.35. The highest BCUT2D eigenvalue weighted by atomic mass is 16.5. The molecule has 0 unspecified atom stereocenters. The molecular weight excluding hydrogens is 282 g/mol. The Morgan fingerprint density at radius 2 is 2.27 bits per heavy atom. The van der Waals surface area contributed by atoms with Crippen molar-refractivity contribution in [1.82, 2.24) is 19.7 Å². The highest BCUT2D eigenvalue weighted by Gasteiger charge is 2.26. The Kier molecular flexibility index (Phi) is 4.04. The molecule has 2 aromatic rings. The topological polar surface area (TPSA) is 73.1 Å². The van der Waals surface area contributed by atoms with Crippen LogP contribution in [0.25, 0.3) is 0 Å². The molecule has 1 atom stereocenters. The van der Waals surface area contributed by atoms with Crippen molar-refractivity contribution in [2.45, 2.75) is 32.4 Å². The largest absolute Gasteiger partial charge is 0.464 e. The van der Waals surface area contributed by atoms with Crippen LogP contribution in [0.15, 0.2) is 24.5 Å². The molecular formula is C15H19N5O2. The first-order valence-corrected chi connectivity index (χ1v) is 7.35. The van der Waals surface area contributed by atoms with E-state index in [-0.39, 0.29) is 5.69 Å². The molecule has 1 aliphatic rings. The van der Waals surface area contributed by atoms with E-state index < -0.39 is 5.97 Å². The van der Waals surface area contributed by atoms with Gasteiger partial charge in [-0.1, -0.05) is 0 Å². The standard InChI is InChI=1S/C15H19N5O2/c1-11-16-7-9-19(11)10-12-4-3-8-20(12)14-6-5-13(17-18-14)15(21)22-2/h5-7,9,12H,3-4,8,10H2,1-2H3/t12-/m0/s1. The molecule has 116 valence electrons. The quantitative estimate of drug-likeness (QED) is 0.796. The normalized spacial score (nSPS) is 17.7. The van der Waals surface area contributed by atoms with E-state index in [1.165, 1.54) is 7.11 Å². The fraction of sp³-hybridized carbons (Fsp3) is 0.467. The summed E-state index contributed by atoms with van der Waals surface area (Å²) in [4.78, 5) is 17.9. The number of carbonyl (C=O) groups excluding carboxylic acids is 1. The predicted molar refractivity (Wildman–Crippen MR) is 80.7 cm³/mol. The lowest BCUT2D eigenvalue weighted by molar-refractivity contribution is 0.0592. The molecule has 0 amide bonds. The van der Waals surface area contributed by atoms with Crippen LogP contribution in [-0.2, 0) is 11.3 Å². The Balaban J connectivity index is 1.75. The molecule has 3 heterocycles. The van der Waals surface area contributed by atoms with E-state index in [0.29, 0.717) is 6.04 Å². The number of rotatable bonds is 4. The van der Waals surface area contributed by atoms with E-state index in [2.05, 4.69) is 29.4 Å². The van der Waals surface area contributed by atoms with Gasteiger partial charge in [0.1, 0.15) is 5.82 Å². The van der Waals surface area contributed by atoms with Crippen molar-refractivity contribution in [3.63, 3.8) is 0 Å². The van der Waals surface area contributed by atoms with Crippen molar-refractivity contribution in [3.05, 3.63) is 36.0 Å². The number of hydrogen-bond donors (Lipinski definition) is 0. The van der Waals surface area contributed by atoms with E-state index >= 15 is 0 Å². The summed E-state index contributed by atoms with van der Waals surface area (Å²) in [5, 5.41) is 8.14.